The van der Waals surface area contributed by atoms with Crippen molar-refractivity contribution in [1.29, 1.82) is 0 Å². The molecule has 0 radical (unpaired) electrons. The fourth-order valence-electron chi connectivity index (χ4n) is 4.78. The number of hydrogen-bond donors (Lipinski definition) is 0. The van der Waals surface area contributed by atoms with Crippen LogP contribution in [-0.2, 0) is 13.0 Å². The Labute approximate surface area is 180 Å². The number of rotatable bonds is 5. The smallest absolute Gasteiger partial charge is 0.130 e. The summed E-state index contributed by atoms with van der Waals surface area (Å²) >= 11 is 0. The summed E-state index contributed by atoms with van der Waals surface area (Å²) in [4.78, 5) is 2.57. The first kappa shape index (κ1) is 20.5. The molecule has 2 atom stereocenters. The highest BCUT2D eigenvalue weighted by atomic mass is 16.5. The molecule has 3 aromatic carbocycles. The largest absolute Gasteiger partial charge is 0.496 e. The molecule has 0 saturated heterocycles. The zero-order chi connectivity index (χ0) is 21.3. The molecule has 0 spiro atoms. The normalized spacial score (nSPS) is 18.7. The summed E-state index contributed by atoms with van der Waals surface area (Å²) in [6.07, 6.45) is 0.962. The number of hydrogen-bond acceptors (Lipinski definition) is 3. The standard InChI is InChI=1S/C27H31NO2/c1-18-11-13-22(14-12-18)27-23-15-19(2)28(17-21-9-7-6-8-10-21)20(3)26(23)24(29-4)16-25(27)30-5/h6-14,16,19-20H,15,17H2,1-5H3/t19-,20-/m0/s1. The van der Waals surface area contributed by atoms with E-state index in [1.165, 1.54) is 33.4 Å². The van der Waals surface area contributed by atoms with Crippen LogP contribution in [0.4, 0.5) is 0 Å². The number of methoxy groups -OCH3 is 2. The number of fused-ring (bicyclic) bond motifs is 1. The van der Waals surface area contributed by atoms with Gasteiger partial charge >= 0.3 is 0 Å². The Morgan fingerprint density at radius 2 is 1.57 bits per heavy atom. The summed E-state index contributed by atoms with van der Waals surface area (Å²) < 4.78 is 11.7. The Bertz CT molecular complexity index is 1010. The summed E-state index contributed by atoms with van der Waals surface area (Å²) in [7, 11) is 3.50. The summed E-state index contributed by atoms with van der Waals surface area (Å²) in [5.41, 5.74) is 7.63. The van der Waals surface area contributed by atoms with Gasteiger partial charge in [0.05, 0.1) is 14.2 Å². The van der Waals surface area contributed by atoms with E-state index in [-0.39, 0.29) is 6.04 Å². The Morgan fingerprint density at radius 3 is 2.20 bits per heavy atom. The lowest BCUT2D eigenvalue weighted by Gasteiger charge is -2.42. The van der Waals surface area contributed by atoms with Crippen LogP contribution in [0.15, 0.2) is 60.7 Å². The lowest BCUT2D eigenvalue weighted by atomic mass is 9.82. The zero-order valence-electron chi connectivity index (χ0n) is 18.6. The molecule has 0 saturated carbocycles. The Morgan fingerprint density at radius 1 is 0.900 bits per heavy atom. The first-order valence-electron chi connectivity index (χ1n) is 10.7. The van der Waals surface area contributed by atoms with E-state index < -0.39 is 0 Å². The van der Waals surface area contributed by atoms with Crippen molar-refractivity contribution >= 4 is 0 Å². The van der Waals surface area contributed by atoms with Crippen molar-refractivity contribution in [2.75, 3.05) is 14.2 Å². The van der Waals surface area contributed by atoms with Crippen LogP contribution in [0.2, 0.25) is 0 Å². The van der Waals surface area contributed by atoms with Gasteiger partial charge in [-0.25, -0.2) is 0 Å². The van der Waals surface area contributed by atoms with Crippen molar-refractivity contribution in [3.8, 4) is 22.6 Å². The Hall–Kier alpha value is -2.78. The fourth-order valence-corrected chi connectivity index (χ4v) is 4.78. The highest BCUT2D eigenvalue weighted by Gasteiger charge is 2.35. The number of nitrogens with zero attached hydrogens (tertiary/aromatic N) is 1. The van der Waals surface area contributed by atoms with Crippen LogP contribution >= 0.6 is 0 Å². The molecular weight excluding hydrogens is 370 g/mol. The molecule has 1 heterocycles. The highest BCUT2D eigenvalue weighted by molar-refractivity contribution is 5.78. The average molecular weight is 402 g/mol. The van der Waals surface area contributed by atoms with Gasteiger partial charge in [-0.05, 0) is 43.9 Å². The third-order valence-corrected chi connectivity index (χ3v) is 6.37. The van der Waals surface area contributed by atoms with E-state index in [0.717, 1.165) is 24.5 Å². The second-order valence-electron chi connectivity index (χ2n) is 8.30. The SMILES string of the molecule is COc1cc(OC)c2c(c1-c1ccc(C)cc1)C[C@H](C)N(Cc1ccccc1)[C@H]2C. The van der Waals surface area contributed by atoms with Crippen LogP contribution in [0.1, 0.15) is 42.1 Å². The lowest BCUT2D eigenvalue weighted by Crippen LogP contribution is -2.41. The molecule has 3 heteroatoms. The van der Waals surface area contributed by atoms with Crippen molar-refractivity contribution in [2.24, 2.45) is 0 Å². The topological polar surface area (TPSA) is 21.7 Å². The fraction of sp³-hybridized carbons (Fsp3) is 0.333. The summed E-state index contributed by atoms with van der Waals surface area (Å²) in [5, 5.41) is 0. The lowest BCUT2D eigenvalue weighted by molar-refractivity contribution is 0.126. The highest BCUT2D eigenvalue weighted by Crippen LogP contribution is 2.48. The van der Waals surface area contributed by atoms with Gasteiger partial charge in [0.25, 0.3) is 0 Å². The van der Waals surface area contributed by atoms with Crippen LogP contribution in [0.5, 0.6) is 11.5 Å². The monoisotopic (exact) mass is 401 g/mol. The number of benzene rings is 3. The minimum Gasteiger partial charge on any atom is -0.496 e. The van der Waals surface area contributed by atoms with E-state index in [1.54, 1.807) is 14.2 Å². The third-order valence-electron chi connectivity index (χ3n) is 6.37. The van der Waals surface area contributed by atoms with E-state index in [9.17, 15) is 0 Å². The van der Waals surface area contributed by atoms with Gasteiger partial charge in [-0.1, -0.05) is 60.2 Å². The van der Waals surface area contributed by atoms with Crippen molar-refractivity contribution < 1.29 is 9.47 Å². The van der Waals surface area contributed by atoms with Crippen LogP contribution in [-0.4, -0.2) is 25.2 Å². The van der Waals surface area contributed by atoms with Crippen molar-refractivity contribution in [3.05, 3.63) is 82.9 Å². The van der Waals surface area contributed by atoms with E-state index >= 15 is 0 Å². The molecule has 3 nitrogen and oxygen atoms in total. The maximum absolute atomic E-state index is 5.86. The predicted molar refractivity (Wildman–Crippen MR) is 123 cm³/mol. The molecule has 156 valence electrons. The summed E-state index contributed by atoms with van der Waals surface area (Å²) in [6, 6.07) is 22.2. The second kappa shape index (κ2) is 8.53. The van der Waals surface area contributed by atoms with Gasteiger partial charge in [0, 0.05) is 35.8 Å². The quantitative estimate of drug-likeness (QED) is 0.509. The van der Waals surface area contributed by atoms with E-state index in [1.807, 2.05) is 0 Å². The molecule has 0 fully saturated rings. The van der Waals surface area contributed by atoms with Crippen molar-refractivity contribution in [3.63, 3.8) is 0 Å². The zero-order valence-corrected chi connectivity index (χ0v) is 18.6. The molecule has 0 amide bonds. The van der Waals surface area contributed by atoms with Gasteiger partial charge < -0.3 is 9.47 Å². The van der Waals surface area contributed by atoms with Crippen LogP contribution in [0, 0.1) is 6.92 Å². The molecule has 1 aliphatic heterocycles. The molecule has 3 aromatic rings. The molecule has 1 aliphatic rings. The van der Waals surface area contributed by atoms with Gasteiger partial charge in [-0.3, -0.25) is 4.90 Å². The van der Waals surface area contributed by atoms with Gasteiger partial charge in [-0.15, -0.1) is 0 Å². The molecule has 30 heavy (non-hydrogen) atoms. The minimum absolute atomic E-state index is 0.244. The van der Waals surface area contributed by atoms with Crippen LogP contribution < -0.4 is 9.47 Å². The number of ether oxygens (including phenoxy) is 2. The molecule has 0 N–H and O–H groups in total. The maximum atomic E-state index is 5.86. The molecule has 0 unspecified atom stereocenters. The van der Waals surface area contributed by atoms with E-state index in [0.29, 0.717) is 6.04 Å². The third kappa shape index (κ3) is 3.70. The maximum Gasteiger partial charge on any atom is 0.130 e. The van der Waals surface area contributed by atoms with Crippen LogP contribution in [0.25, 0.3) is 11.1 Å². The van der Waals surface area contributed by atoms with Crippen LogP contribution in [0.3, 0.4) is 0 Å². The average Bonchev–Trinajstić information content (AvgIpc) is 2.77. The van der Waals surface area contributed by atoms with E-state index in [4.69, 9.17) is 9.47 Å². The minimum atomic E-state index is 0.244. The van der Waals surface area contributed by atoms with Gasteiger partial charge in [0.1, 0.15) is 11.5 Å². The molecular formula is C27H31NO2. The predicted octanol–water partition coefficient (Wildman–Crippen LogP) is 6.19. The molecule has 0 bridgehead atoms. The second-order valence-corrected chi connectivity index (χ2v) is 8.30. The molecule has 0 aromatic heterocycles. The summed E-state index contributed by atoms with van der Waals surface area (Å²) in [5.74, 6) is 1.79. The van der Waals surface area contributed by atoms with Gasteiger partial charge in [0.2, 0.25) is 0 Å². The van der Waals surface area contributed by atoms with Gasteiger partial charge in [-0.2, -0.15) is 0 Å². The first-order chi connectivity index (χ1) is 14.5. The molecule has 0 aliphatic carbocycles. The summed E-state index contributed by atoms with van der Waals surface area (Å²) in [6.45, 7) is 7.67. The number of aryl methyl sites for hydroxylation is 1. The molecule has 4 rings (SSSR count). The van der Waals surface area contributed by atoms with Gasteiger partial charge in [0.15, 0.2) is 0 Å². The Balaban J connectivity index is 1.85. The Kier molecular flexibility index (Phi) is 5.83. The van der Waals surface area contributed by atoms with Crippen molar-refractivity contribution in [1.82, 2.24) is 4.90 Å². The van der Waals surface area contributed by atoms with Crippen molar-refractivity contribution in [2.45, 2.75) is 45.8 Å². The first-order valence-corrected chi connectivity index (χ1v) is 10.7. The van der Waals surface area contributed by atoms with E-state index in [2.05, 4.69) is 86.3 Å².